The second-order valence-electron chi connectivity index (χ2n) is 6.42. The van der Waals surface area contributed by atoms with E-state index in [-0.39, 0.29) is 11.5 Å². The quantitative estimate of drug-likeness (QED) is 0.316. The predicted octanol–water partition coefficient (Wildman–Crippen LogP) is 3.10. The number of unbranched alkanes of at least 4 members (excludes halogenated alkanes) is 3. The number of nitro benzene ring substituents is 2. The van der Waals surface area contributed by atoms with Gasteiger partial charge in [-0.1, -0.05) is 39.5 Å². The molecule has 10 heteroatoms. The number of hydrogen-bond acceptors (Lipinski definition) is 6. The highest BCUT2D eigenvalue weighted by Gasteiger charge is 2.24. The van der Waals surface area contributed by atoms with Gasteiger partial charge in [0.15, 0.2) is 0 Å². The first kappa shape index (κ1) is 23.0. The van der Waals surface area contributed by atoms with Gasteiger partial charge in [-0.15, -0.1) is 0 Å². The number of nitrogens with zero attached hydrogens (tertiary/aromatic N) is 2. The molecule has 0 saturated carbocycles. The van der Waals surface area contributed by atoms with Gasteiger partial charge in [0.1, 0.15) is 6.04 Å². The van der Waals surface area contributed by atoms with E-state index in [4.69, 9.17) is 0 Å². The summed E-state index contributed by atoms with van der Waals surface area (Å²) in [5.41, 5.74) is -1.36. The largest absolute Gasteiger partial charge is 0.354 e. The highest BCUT2D eigenvalue weighted by Crippen LogP contribution is 2.22. The fourth-order valence-corrected chi connectivity index (χ4v) is 2.62. The summed E-state index contributed by atoms with van der Waals surface area (Å²) in [6.07, 6.45) is 5.00. The molecule has 0 aliphatic heterocycles. The zero-order valence-corrected chi connectivity index (χ0v) is 16.1. The second kappa shape index (κ2) is 11.6. The van der Waals surface area contributed by atoms with E-state index < -0.39 is 33.2 Å². The summed E-state index contributed by atoms with van der Waals surface area (Å²) in [5, 5.41) is 27.2. The summed E-state index contributed by atoms with van der Waals surface area (Å²) < 4.78 is 0. The SMILES string of the molecule is CCCCCCNC(=O)[C@H](CCC)NC(=O)c1cc([N+](=O)[O-])cc([N+](=O)[O-])c1. The Morgan fingerprint density at radius 1 is 0.964 bits per heavy atom. The number of carbonyl (C=O) groups excluding carboxylic acids is 2. The van der Waals surface area contributed by atoms with E-state index in [0.717, 1.165) is 43.9 Å². The summed E-state index contributed by atoms with van der Waals surface area (Å²) in [6.45, 7) is 4.44. The third-order valence-electron chi connectivity index (χ3n) is 4.12. The van der Waals surface area contributed by atoms with E-state index in [1.807, 2.05) is 6.92 Å². The van der Waals surface area contributed by atoms with E-state index >= 15 is 0 Å². The van der Waals surface area contributed by atoms with E-state index in [1.54, 1.807) is 0 Å². The van der Waals surface area contributed by atoms with Crippen molar-refractivity contribution in [2.45, 2.75) is 58.4 Å². The summed E-state index contributed by atoms with van der Waals surface area (Å²) in [6, 6.07) is 1.87. The Hall–Kier alpha value is -3.04. The van der Waals surface area contributed by atoms with Gasteiger partial charge in [-0.25, -0.2) is 0 Å². The Morgan fingerprint density at radius 2 is 1.57 bits per heavy atom. The number of rotatable bonds is 12. The smallest absolute Gasteiger partial charge is 0.277 e. The highest BCUT2D eigenvalue weighted by atomic mass is 16.6. The van der Waals surface area contributed by atoms with Crippen LogP contribution in [0.3, 0.4) is 0 Å². The van der Waals surface area contributed by atoms with E-state index in [2.05, 4.69) is 17.6 Å². The van der Waals surface area contributed by atoms with Gasteiger partial charge >= 0.3 is 0 Å². The van der Waals surface area contributed by atoms with Gasteiger partial charge in [-0.2, -0.15) is 0 Å². The topological polar surface area (TPSA) is 144 Å². The van der Waals surface area contributed by atoms with Crippen molar-refractivity contribution in [1.82, 2.24) is 10.6 Å². The molecule has 10 nitrogen and oxygen atoms in total. The zero-order valence-electron chi connectivity index (χ0n) is 16.1. The molecular weight excluding hydrogens is 368 g/mol. The number of non-ortho nitro benzene ring substituents is 2. The minimum atomic E-state index is -0.818. The molecule has 1 aromatic rings. The Labute approximate surface area is 163 Å². The summed E-state index contributed by atoms with van der Waals surface area (Å²) in [5.74, 6) is -1.11. The predicted molar refractivity (Wildman–Crippen MR) is 103 cm³/mol. The third kappa shape index (κ3) is 7.29. The van der Waals surface area contributed by atoms with Crippen molar-refractivity contribution in [3.8, 4) is 0 Å². The van der Waals surface area contributed by atoms with Crippen molar-refractivity contribution in [3.63, 3.8) is 0 Å². The molecule has 1 aromatic carbocycles. The maximum absolute atomic E-state index is 12.5. The molecule has 0 bridgehead atoms. The van der Waals surface area contributed by atoms with Gasteiger partial charge in [-0.3, -0.25) is 29.8 Å². The van der Waals surface area contributed by atoms with Gasteiger partial charge in [0.05, 0.1) is 21.5 Å². The maximum Gasteiger partial charge on any atom is 0.277 e. The zero-order chi connectivity index (χ0) is 21.1. The lowest BCUT2D eigenvalue weighted by molar-refractivity contribution is -0.394. The lowest BCUT2D eigenvalue weighted by Crippen LogP contribution is -2.46. The fraction of sp³-hybridized carbons (Fsp3) is 0.556. The van der Waals surface area contributed by atoms with Crippen LogP contribution >= 0.6 is 0 Å². The molecule has 0 fully saturated rings. The van der Waals surface area contributed by atoms with Crippen LogP contribution < -0.4 is 10.6 Å². The van der Waals surface area contributed by atoms with E-state index in [1.165, 1.54) is 0 Å². The van der Waals surface area contributed by atoms with Crippen LogP contribution in [0.15, 0.2) is 18.2 Å². The first-order valence-corrected chi connectivity index (χ1v) is 9.32. The van der Waals surface area contributed by atoms with Crippen molar-refractivity contribution >= 4 is 23.2 Å². The molecule has 1 atom stereocenters. The molecule has 2 amide bonds. The van der Waals surface area contributed by atoms with Crippen molar-refractivity contribution in [2.75, 3.05) is 6.54 Å². The Kier molecular flexibility index (Phi) is 9.55. The van der Waals surface area contributed by atoms with Crippen LogP contribution in [-0.2, 0) is 4.79 Å². The monoisotopic (exact) mass is 394 g/mol. The van der Waals surface area contributed by atoms with E-state index in [9.17, 15) is 29.8 Å². The number of hydrogen-bond donors (Lipinski definition) is 2. The average molecular weight is 394 g/mol. The summed E-state index contributed by atoms with van der Waals surface area (Å²) in [7, 11) is 0. The number of nitrogens with one attached hydrogen (secondary N) is 2. The van der Waals surface area contributed by atoms with Crippen LogP contribution in [0.5, 0.6) is 0 Å². The lowest BCUT2D eigenvalue weighted by Gasteiger charge is -2.18. The maximum atomic E-state index is 12.5. The van der Waals surface area contributed by atoms with Crippen LogP contribution in [0.1, 0.15) is 62.7 Å². The Bertz CT molecular complexity index is 690. The molecule has 0 saturated heterocycles. The molecule has 0 aliphatic rings. The molecule has 0 spiro atoms. The lowest BCUT2D eigenvalue weighted by atomic mass is 10.1. The normalized spacial score (nSPS) is 11.5. The van der Waals surface area contributed by atoms with Gasteiger partial charge in [0.2, 0.25) is 5.91 Å². The number of carbonyl (C=O) groups is 2. The van der Waals surface area contributed by atoms with Crippen molar-refractivity contribution in [2.24, 2.45) is 0 Å². The van der Waals surface area contributed by atoms with Crippen LogP contribution in [0.2, 0.25) is 0 Å². The molecule has 0 aromatic heterocycles. The first-order valence-electron chi connectivity index (χ1n) is 9.32. The van der Waals surface area contributed by atoms with Crippen molar-refractivity contribution < 1.29 is 19.4 Å². The Morgan fingerprint density at radius 3 is 2.07 bits per heavy atom. The number of benzene rings is 1. The molecule has 1 rings (SSSR count). The highest BCUT2D eigenvalue weighted by molar-refractivity contribution is 5.98. The van der Waals surface area contributed by atoms with Crippen LogP contribution in [0.4, 0.5) is 11.4 Å². The van der Waals surface area contributed by atoms with Crippen molar-refractivity contribution in [3.05, 3.63) is 44.0 Å². The van der Waals surface area contributed by atoms with Crippen LogP contribution in [0, 0.1) is 20.2 Å². The molecule has 2 N–H and O–H groups in total. The average Bonchev–Trinajstić information content (AvgIpc) is 2.66. The van der Waals surface area contributed by atoms with Crippen LogP contribution in [-0.4, -0.2) is 34.2 Å². The summed E-state index contributed by atoms with van der Waals surface area (Å²) in [4.78, 5) is 45.1. The Balaban J connectivity index is 2.86. The third-order valence-corrected chi connectivity index (χ3v) is 4.12. The molecule has 0 aliphatic carbocycles. The molecule has 0 radical (unpaired) electrons. The fourth-order valence-electron chi connectivity index (χ4n) is 2.62. The van der Waals surface area contributed by atoms with Gasteiger partial charge < -0.3 is 10.6 Å². The summed E-state index contributed by atoms with van der Waals surface area (Å²) >= 11 is 0. The number of nitro groups is 2. The number of amides is 2. The minimum absolute atomic E-state index is 0.238. The molecule has 154 valence electrons. The van der Waals surface area contributed by atoms with Crippen LogP contribution in [0.25, 0.3) is 0 Å². The standard InChI is InChI=1S/C18H26N4O6/c1-3-5-6-7-9-19-18(24)16(8-4-2)20-17(23)13-10-14(21(25)26)12-15(11-13)22(27)28/h10-12,16H,3-9H2,1-2H3,(H,19,24)(H,20,23)/t16-/m0/s1. The molecule has 0 heterocycles. The van der Waals surface area contributed by atoms with Gasteiger partial charge in [0.25, 0.3) is 17.3 Å². The molecule has 28 heavy (non-hydrogen) atoms. The second-order valence-corrected chi connectivity index (χ2v) is 6.42. The van der Waals surface area contributed by atoms with Crippen molar-refractivity contribution in [1.29, 1.82) is 0 Å². The van der Waals surface area contributed by atoms with E-state index in [0.29, 0.717) is 19.4 Å². The molecular formula is C18H26N4O6. The van der Waals surface area contributed by atoms with Gasteiger partial charge in [0, 0.05) is 18.7 Å². The van der Waals surface area contributed by atoms with Gasteiger partial charge in [-0.05, 0) is 12.8 Å². The molecule has 0 unspecified atom stereocenters. The first-order chi connectivity index (χ1) is 13.3. The minimum Gasteiger partial charge on any atom is -0.354 e.